The molecule has 0 heterocycles. The predicted molar refractivity (Wildman–Crippen MR) is 144 cm³/mol. The van der Waals surface area contributed by atoms with E-state index in [4.69, 9.17) is 11.6 Å². The van der Waals surface area contributed by atoms with Crippen LogP contribution in [0.1, 0.15) is 35.3 Å². The Balaban J connectivity index is 1.80. The monoisotopic (exact) mass is 527 g/mol. The van der Waals surface area contributed by atoms with Gasteiger partial charge in [0.1, 0.15) is 6.04 Å². The van der Waals surface area contributed by atoms with E-state index in [1.807, 2.05) is 19.9 Å². The number of anilines is 1. The Morgan fingerprint density at radius 2 is 1.56 bits per heavy atom. The summed E-state index contributed by atoms with van der Waals surface area (Å²) in [5, 5.41) is 5.85. The second kappa shape index (κ2) is 11.1. The van der Waals surface area contributed by atoms with E-state index < -0.39 is 16.1 Å². The van der Waals surface area contributed by atoms with Crippen LogP contribution in [0, 0.1) is 19.8 Å². The number of hydrogen-bond donors (Lipinski definition) is 3. The van der Waals surface area contributed by atoms with E-state index in [1.165, 1.54) is 7.05 Å². The number of likely N-dealkylation sites (N-methyl/N-ethyl adjacent to an activating group) is 1. The molecule has 0 saturated heterocycles. The van der Waals surface area contributed by atoms with Crippen molar-refractivity contribution in [2.75, 3.05) is 11.8 Å². The molecule has 0 aliphatic carbocycles. The normalized spacial score (nSPS) is 12.2. The summed E-state index contributed by atoms with van der Waals surface area (Å²) in [5.74, 6) is -0.669. The van der Waals surface area contributed by atoms with Crippen LogP contribution in [0.3, 0.4) is 0 Å². The molecule has 0 radical (unpaired) electrons. The third kappa shape index (κ3) is 6.25. The number of benzene rings is 3. The lowest BCUT2D eigenvalue weighted by atomic mass is 10.0. The van der Waals surface area contributed by atoms with Crippen LogP contribution in [-0.2, 0) is 14.8 Å². The molecule has 0 aromatic heterocycles. The van der Waals surface area contributed by atoms with E-state index >= 15 is 0 Å². The fraction of sp³-hybridized carbons (Fsp3) is 0.259. The Morgan fingerprint density at radius 1 is 0.889 bits per heavy atom. The Hall–Kier alpha value is -3.36. The zero-order chi connectivity index (χ0) is 26.6. The molecule has 0 unspecified atom stereocenters. The number of rotatable bonds is 8. The maximum atomic E-state index is 13.0. The minimum absolute atomic E-state index is 0.0692. The van der Waals surface area contributed by atoms with Gasteiger partial charge in [0.25, 0.3) is 15.9 Å². The number of carbonyl (C=O) groups is 2. The van der Waals surface area contributed by atoms with Crippen LogP contribution in [0.4, 0.5) is 5.69 Å². The van der Waals surface area contributed by atoms with Gasteiger partial charge in [-0.2, -0.15) is 0 Å². The van der Waals surface area contributed by atoms with E-state index in [9.17, 15) is 18.0 Å². The highest BCUT2D eigenvalue weighted by atomic mass is 35.5. The summed E-state index contributed by atoms with van der Waals surface area (Å²) in [6.07, 6.45) is 0. The molecular weight excluding hydrogens is 498 g/mol. The van der Waals surface area contributed by atoms with Crippen LogP contribution in [-0.4, -0.2) is 33.3 Å². The molecule has 0 aliphatic heterocycles. The molecule has 3 N–H and O–H groups in total. The third-order valence-corrected chi connectivity index (χ3v) is 7.75. The van der Waals surface area contributed by atoms with Crippen LogP contribution in [0.2, 0.25) is 5.02 Å². The lowest BCUT2D eigenvalue weighted by Gasteiger charge is -2.20. The number of carbonyl (C=O) groups excluding carboxylic acids is 2. The van der Waals surface area contributed by atoms with Crippen molar-refractivity contribution in [3.05, 3.63) is 82.4 Å². The van der Waals surface area contributed by atoms with Gasteiger partial charge in [0.05, 0.1) is 4.90 Å². The fourth-order valence-corrected chi connectivity index (χ4v) is 5.33. The molecule has 1 atom stereocenters. The fourth-order valence-electron chi connectivity index (χ4n) is 3.75. The van der Waals surface area contributed by atoms with Crippen molar-refractivity contribution >= 4 is 39.1 Å². The molecule has 190 valence electrons. The second-order valence-electron chi connectivity index (χ2n) is 8.94. The van der Waals surface area contributed by atoms with E-state index in [-0.39, 0.29) is 22.6 Å². The molecular formula is C27H30ClN3O4S. The van der Waals surface area contributed by atoms with Crippen molar-refractivity contribution in [3.63, 3.8) is 0 Å². The van der Waals surface area contributed by atoms with Crippen molar-refractivity contribution in [1.29, 1.82) is 0 Å². The highest BCUT2D eigenvalue weighted by Gasteiger charge is 2.23. The van der Waals surface area contributed by atoms with Crippen molar-refractivity contribution in [3.8, 4) is 11.1 Å². The van der Waals surface area contributed by atoms with E-state index in [0.29, 0.717) is 27.4 Å². The smallest absolute Gasteiger partial charge is 0.262 e. The number of hydrogen-bond acceptors (Lipinski definition) is 4. The first-order chi connectivity index (χ1) is 16.9. The summed E-state index contributed by atoms with van der Waals surface area (Å²) in [6, 6.07) is 16.5. The number of aryl methyl sites for hydroxylation is 2. The van der Waals surface area contributed by atoms with Crippen LogP contribution in [0.5, 0.6) is 0 Å². The minimum atomic E-state index is -3.82. The summed E-state index contributed by atoms with van der Waals surface area (Å²) >= 11 is 6.12. The summed E-state index contributed by atoms with van der Waals surface area (Å²) in [7, 11) is -2.29. The van der Waals surface area contributed by atoms with Crippen molar-refractivity contribution in [1.82, 2.24) is 10.6 Å². The van der Waals surface area contributed by atoms with Gasteiger partial charge in [0.2, 0.25) is 5.91 Å². The maximum absolute atomic E-state index is 13.0. The average Bonchev–Trinajstić information content (AvgIpc) is 2.83. The van der Waals surface area contributed by atoms with E-state index in [1.54, 1.807) is 68.4 Å². The Kier molecular flexibility index (Phi) is 8.43. The molecule has 0 bridgehead atoms. The average molecular weight is 528 g/mol. The van der Waals surface area contributed by atoms with Crippen LogP contribution >= 0.6 is 11.6 Å². The summed E-state index contributed by atoms with van der Waals surface area (Å²) in [6.45, 7) is 7.18. The molecule has 3 rings (SSSR count). The molecule has 7 nitrogen and oxygen atoms in total. The summed E-state index contributed by atoms with van der Waals surface area (Å²) < 4.78 is 28.7. The zero-order valence-corrected chi connectivity index (χ0v) is 22.4. The van der Waals surface area contributed by atoms with Gasteiger partial charge in [0, 0.05) is 23.3 Å². The van der Waals surface area contributed by atoms with E-state index in [0.717, 1.165) is 11.1 Å². The highest BCUT2D eigenvalue weighted by Crippen LogP contribution is 2.28. The van der Waals surface area contributed by atoms with Gasteiger partial charge in [-0.3, -0.25) is 14.3 Å². The van der Waals surface area contributed by atoms with Gasteiger partial charge in [-0.25, -0.2) is 8.42 Å². The standard InChI is InChI=1S/C27H30ClN3O4S/c1-16(2)25(27(33)29-5)30-26(32)20-11-9-19(10-12-20)21-7-6-8-22(15-21)31-36(34,35)24-14-17(3)23(28)13-18(24)4/h6-16,25,31H,1-5H3,(H,29,33)(H,30,32)/t25-/m0/s1. The molecule has 3 aromatic rings. The Morgan fingerprint density at radius 3 is 2.17 bits per heavy atom. The topological polar surface area (TPSA) is 104 Å². The molecule has 0 spiro atoms. The summed E-state index contributed by atoms with van der Waals surface area (Å²) in [4.78, 5) is 24.9. The van der Waals surface area contributed by atoms with Crippen LogP contribution in [0.15, 0.2) is 65.6 Å². The molecule has 0 fully saturated rings. The Bertz CT molecular complexity index is 1390. The number of amides is 2. The molecule has 0 aliphatic rings. The highest BCUT2D eigenvalue weighted by molar-refractivity contribution is 7.92. The number of halogens is 1. The molecule has 3 aromatic carbocycles. The van der Waals surface area contributed by atoms with Crippen molar-refractivity contribution in [2.24, 2.45) is 5.92 Å². The SMILES string of the molecule is CNC(=O)[C@@H](NC(=O)c1ccc(-c2cccc(NS(=O)(=O)c3cc(C)c(Cl)cc3C)c2)cc1)C(C)C. The van der Waals surface area contributed by atoms with Gasteiger partial charge >= 0.3 is 0 Å². The van der Waals surface area contributed by atoms with E-state index in [2.05, 4.69) is 15.4 Å². The van der Waals surface area contributed by atoms with Crippen molar-refractivity contribution < 1.29 is 18.0 Å². The molecule has 9 heteroatoms. The van der Waals surface area contributed by atoms with Crippen LogP contribution in [0.25, 0.3) is 11.1 Å². The van der Waals surface area contributed by atoms with Gasteiger partial charge in [0.15, 0.2) is 0 Å². The first-order valence-corrected chi connectivity index (χ1v) is 13.3. The number of sulfonamides is 1. The quantitative estimate of drug-likeness (QED) is 0.386. The molecule has 36 heavy (non-hydrogen) atoms. The predicted octanol–water partition coefficient (Wildman–Crippen LogP) is 4.93. The maximum Gasteiger partial charge on any atom is 0.262 e. The summed E-state index contributed by atoms with van der Waals surface area (Å²) in [5.41, 5.74) is 3.63. The molecule has 0 saturated carbocycles. The third-order valence-electron chi connectivity index (χ3n) is 5.82. The zero-order valence-electron chi connectivity index (χ0n) is 20.8. The van der Waals surface area contributed by atoms with Crippen LogP contribution < -0.4 is 15.4 Å². The Labute approximate surface area is 217 Å². The second-order valence-corrected chi connectivity index (χ2v) is 11.0. The first kappa shape index (κ1) is 27.2. The number of nitrogens with one attached hydrogen (secondary N) is 3. The first-order valence-electron chi connectivity index (χ1n) is 11.5. The van der Waals surface area contributed by atoms with Gasteiger partial charge in [-0.1, -0.05) is 49.7 Å². The molecule has 2 amide bonds. The van der Waals surface area contributed by atoms with Gasteiger partial charge < -0.3 is 10.6 Å². The largest absolute Gasteiger partial charge is 0.357 e. The van der Waals surface area contributed by atoms with Crippen molar-refractivity contribution in [2.45, 2.75) is 38.6 Å². The van der Waals surface area contributed by atoms with Gasteiger partial charge in [-0.05, 0) is 78.4 Å². The van der Waals surface area contributed by atoms with Gasteiger partial charge in [-0.15, -0.1) is 0 Å². The lowest BCUT2D eigenvalue weighted by molar-refractivity contribution is -0.123. The minimum Gasteiger partial charge on any atom is -0.357 e. The lowest BCUT2D eigenvalue weighted by Crippen LogP contribution is -2.48.